The number of thiazole rings is 1. The monoisotopic (exact) mass is 310 g/mol. The lowest BCUT2D eigenvalue weighted by Gasteiger charge is -2.16. The fraction of sp³-hybridized carbons (Fsp3) is 0.308. The van der Waals surface area contributed by atoms with E-state index in [1.54, 1.807) is 22.5 Å². The van der Waals surface area contributed by atoms with E-state index in [1.165, 1.54) is 30.2 Å². The number of aromatic nitrogens is 1. The number of nitrogens with zero attached hydrogens (tertiary/aromatic N) is 2. The van der Waals surface area contributed by atoms with Gasteiger partial charge in [-0.3, -0.25) is 9.10 Å². The van der Waals surface area contributed by atoms with E-state index in [0.717, 1.165) is 15.5 Å². The van der Waals surface area contributed by atoms with Gasteiger partial charge in [-0.2, -0.15) is 0 Å². The lowest BCUT2D eigenvalue weighted by molar-refractivity contribution is -0.123. The molecule has 1 N–H and O–H groups in total. The number of hydrogen-bond donors (Lipinski definition) is 1. The van der Waals surface area contributed by atoms with Crippen molar-refractivity contribution in [3.8, 4) is 0 Å². The zero-order valence-electron chi connectivity index (χ0n) is 11.1. The van der Waals surface area contributed by atoms with Gasteiger partial charge in [0, 0.05) is 25.4 Å². The van der Waals surface area contributed by atoms with Gasteiger partial charge in [0.1, 0.15) is 0 Å². The summed E-state index contributed by atoms with van der Waals surface area (Å²) in [7, 11) is 0. The minimum absolute atomic E-state index is 0.0117. The summed E-state index contributed by atoms with van der Waals surface area (Å²) in [5, 5.41) is 8.96. The van der Waals surface area contributed by atoms with E-state index in [1.807, 2.05) is 6.92 Å². The zero-order valence-corrected chi connectivity index (χ0v) is 12.8. The Bertz CT molecular complexity index is 654. The largest absolute Gasteiger partial charge is 0.478 e. The van der Waals surface area contributed by atoms with Crippen molar-refractivity contribution in [2.75, 3.05) is 6.54 Å². The van der Waals surface area contributed by atoms with Crippen molar-refractivity contribution in [2.45, 2.75) is 24.6 Å². The molecule has 0 unspecified atom stereocenters. The van der Waals surface area contributed by atoms with Crippen LogP contribution in [0.2, 0.25) is 0 Å². The van der Waals surface area contributed by atoms with Crippen LogP contribution >= 0.6 is 23.3 Å². The summed E-state index contributed by atoms with van der Waals surface area (Å²) in [5.41, 5.74) is 0.869. The Hall–Kier alpha value is -1.60. The first-order chi connectivity index (χ1) is 9.51. The molecule has 0 fully saturated rings. The van der Waals surface area contributed by atoms with E-state index in [0.29, 0.717) is 12.1 Å². The second-order valence-electron chi connectivity index (χ2n) is 4.18. The number of rotatable bonds is 5. The second kappa shape index (κ2) is 6.23. The van der Waals surface area contributed by atoms with E-state index in [9.17, 15) is 9.59 Å². The molecule has 0 aliphatic heterocycles. The molecule has 1 aromatic heterocycles. The van der Waals surface area contributed by atoms with Crippen LogP contribution in [0, 0.1) is 0 Å². The Morgan fingerprint density at radius 1 is 1.45 bits per heavy atom. The molecular formula is C13H14N2O3S2. The smallest absolute Gasteiger partial charge is 0.335 e. The number of carboxylic acid groups (broad SMARTS) is 1. The molecule has 0 bridgehead atoms. The van der Waals surface area contributed by atoms with Gasteiger partial charge in [-0.25, -0.2) is 9.78 Å². The number of benzene rings is 1. The summed E-state index contributed by atoms with van der Waals surface area (Å²) in [6.45, 7) is 4.20. The van der Waals surface area contributed by atoms with Crippen molar-refractivity contribution in [3.05, 3.63) is 23.8 Å². The number of carboxylic acids is 1. The number of carbonyl (C=O) groups excluding carboxylic acids is 1. The highest BCUT2D eigenvalue weighted by molar-refractivity contribution is 7.99. The van der Waals surface area contributed by atoms with Crippen LogP contribution in [0.1, 0.15) is 30.6 Å². The highest BCUT2D eigenvalue weighted by Crippen LogP contribution is 2.32. The Labute approximate surface area is 124 Å². The number of fused-ring (bicyclic) bond motifs is 1. The molecule has 1 aromatic carbocycles. The second-order valence-corrected chi connectivity index (χ2v) is 6.48. The predicted octanol–water partition coefficient (Wildman–Crippen LogP) is 3.26. The van der Waals surface area contributed by atoms with Gasteiger partial charge in [-0.05, 0) is 24.6 Å². The summed E-state index contributed by atoms with van der Waals surface area (Å²) in [5.74, 6) is -0.979. The Morgan fingerprint density at radius 2 is 2.20 bits per heavy atom. The van der Waals surface area contributed by atoms with Crippen LogP contribution in [-0.4, -0.2) is 32.8 Å². The van der Waals surface area contributed by atoms with Gasteiger partial charge in [0.25, 0.3) is 0 Å². The van der Waals surface area contributed by atoms with Gasteiger partial charge in [-0.1, -0.05) is 6.92 Å². The van der Waals surface area contributed by atoms with E-state index in [2.05, 4.69) is 4.98 Å². The fourth-order valence-corrected chi connectivity index (χ4v) is 3.74. The van der Waals surface area contributed by atoms with Crippen LogP contribution < -0.4 is 0 Å². The number of carbonyl (C=O) groups is 2. The van der Waals surface area contributed by atoms with Crippen LogP contribution in [0.25, 0.3) is 10.2 Å². The molecule has 7 heteroatoms. The van der Waals surface area contributed by atoms with E-state index >= 15 is 0 Å². The van der Waals surface area contributed by atoms with Gasteiger partial charge in [0.2, 0.25) is 5.91 Å². The molecule has 1 amide bonds. The summed E-state index contributed by atoms with van der Waals surface area (Å²) >= 11 is 2.76. The molecular weight excluding hydrogens is 296 g/mol. The van der Waals surface area contributed by atoms with Crippen molar-refractivity contribution in [3.63, 3.8) is 0 Å². The lowest BCUT2D eigenvalue weighted by atomic mass is 10.2. The molecule has 0 spiro atoms. The fourth-order valence-electron chi connectivity index (χ4n) is 1.64. The van der Waals surface area contributed by atoms with Crippen molar-refractivity contribution < 1.29 is 14.7 Å². The topological polar surface area (TPSA) is 70.5 Å². The van der Waals surface area contributed by atoms with Gasteiger partial charge in [0.05, 0.1) is 15.8 Å². The van der Waals surface area contributed by atoms with Gasteiger partial charge >= 0.3 is 5.97 Å². The maximum Gasteiger partial charge on any atom is 0.335 e. The molecule has 2 aromatic rings. The van der Waals surface area contributed by atoms with Crippen molar-refractivity contribution in [1.82, 2.24) is 9.29 Å². The van der Waals surface area contributed by atoms with Crippen molar-refractivity contribution >= 4 is 45.4 Å². The first-order valence-electron chi connectivity index (χ1n) is 6.11. The van der Waals surface area contributed by atoms with Crippen molar-refractivity contribution in [1.29, 1.82) is 0 Å². The quantitative estimate of drug-likeness (QED) is 0.858. The van der Waals surface area contributed by atoms with Crippen LogP contribution in [0.3, 0.4) is 0 Å². The van der Waals surface area contributed by atoms with Gasteiger partial charge < -0.3 is 5.11 Å². The molecule has 0 saturated carbocycles. The van der Waals surface area contributed by atoms with E-state index in [-0.39, 0.29) is 11.5 Å². The summed E-state index contributed by atoms with van der Waals surface area (Å²) in [4.78, 5) is 26.8. The third kappa shape index (κ3) is 3.29. The minimum atomic E-state index is -0.967. The zero-order chi connectivity index (χ0) is 14.7. The molecule has 1 heterocycles. The van der Waals surface area contributed by atoms with Crippen LogP contribution in [-0.2, 0) is 4.79 Å². The van der Waals surface area contributed by atoms with E-state index < -0.39 is 5.97 Å². The minimum Gasteiger partial charge on any atom is -0.478 e. The normalized spacial score (nSPS) is 10.7. The molecule has 0 aliphatic rings. The number of hydrogen-bond acceptors (Lipinski definition) is 5. The lowest BCUT2D eigenvalue weighted by Crippen LogP contribution is -2.21. The van der Waals surface area contributed by atoms with Crippen LogP contribution in [0.15, 0.2) is 22.5 Å². The molecule has 106 valence electrons. The highest BCUT2D eigenvalue weighted by Gasteiger charge is 2.14. The molecule has 0 saturated heterocycles. The summed E-state index contributed by atoms with van der Waals surface area (Å²) in [6.07, 6.45) is 0.876. The number of aromatic carboxylic acids is 1. The molecule has 5 nitrogen and oxygen atoms in total. The molecule has 20 heavy (non-hydrogen) atoms. The third-order valence-corrected chi connectivity index (χ3v) is 4.79. The Morgan fingerprint density at radius 3 is 2.80 bits per heavy atom. The molecule has 0 aliphatic carbocycles. The van der Waals surface area contributed by atoms with Gasteiger partial charge in [0.15, 0.2) is 4.34 Å². The van der Waals surface area contributed by atoms with Gasteiger partial charge in [-0.15, -0.1) is 11.3 Å². The standard InChI is InChI=1S/C13H14N2O3S2/c1-3-6-15(8(2)16)20-13-14-10-7-9(12(17)18)4-5-11(10)19-13/h4-5,7H,3,6H2,1-2H3,(H,17,18). The maximum absolute atomic E-state index is 11.5. The third-order valence-electron chi connectivity index (χ3n) is 2.58. The Kier molecular flexibility index (Phi) is 4.61. The first-order valence-corrected chi connectivity index (χ1v) is 7.70. The van der Waals surface area contributed by atoms with Crippen molar-refractivity contribution in [2.24, 2.45) is 0 Å². The predicted molar refractivity (Wildman–Crippen MR) is 80.1 cm³/mol. The average Bonchev–Trinajstić information content (AvgIpc) is 2.79. The van der Waals surface area contributed by atoms with Crippen LogP contribution in [0.4, 0.5) is 0 Å². The van der Waals surface area contributed by atoms with Crippen LogP contribution in [0.5, 0.6) is 0 Å². The first kappa shape index (κ1) is 14.8. The Balaban J connectivity index is 2.27. The molecule has 2 rings (SSSR count). The average molecular weight is 310 g/mol. The highest BCUT2D eigenvalue weighted by atomic mass is 32.2. The summed E-state index contributed by atoms with van der Waals surface area (Å²) < 4.78 is 3.32. The SMILES string of the molecule is CCCN(Sc1nc2cc(C(=O)O)ccc2s1)C(C)=O. The number of amides is 1. The van der Waals surface area contributed by atoms with E-state index in [4.69, 9.17) is 5.11 Å². The maximum atomic E-state index is 11.5. The molecule has 0 radical (unpaired) electrons. The molecule has 0 atom stereocenters. The summed E-state index contributed by atoms with van der Waals surface area (Å²) in [6, 6.07) is 4.86.